The van der Waals surface area contributed by atoms with Gasteiger partial charge in [-0.2, -0.15) is 0 Å². The van der Waals surface area contributed by atoms with Crippen molar-refractivity contribution in [2.45, 2.75) is 17.4 Å². The average Bonchev–Trinajstić information content (AvgIpc) is 3.20. The van der Waals surface area contributed by atoms with Crippen molar-refractivity contribution < 1.29 is 23.0 Å². The van der Waals surface area contributed by atoms with Crippen molar-refractivity contribution in [1.29, 1.82) is 0 Å². The number of aliphatic hydroxyl groups is 1. The average molecular weight is 486 g/mol. The molecule has 0 aliphatic rings. The van der Waals surface area contributed by atoms with Gasteiger partial charge in [0.15, 0.2) is 11.0 Å². The first-order valence-corrected chi connectivity index (χ1v) is 11.5. The van der Waals surface area contributed by atoms with Gasteiger partial charge in [0, 0.05) is 12.8 Å². The van der Waals surface area contributed by atoms with Gasteiger partial charge < -0.3 is 14.4 Å². The van der Waals surface area contributed by atoms with Crippen LogP contribution < -0.4 is 0 Å². The molecule has 0 fully saturated rings. The maximum atomic E-state index is 14.1. The van der Waals surface area contributed by atoms with Crippen LogP contribution in [0.15, 0.2) is 78.0 Å². The highest BCUT2D eigenvalue weighted by Crippen LogP contribution is 2.28. The second-order valence-corrected chi connectivity index (χ2v) is 8.61. The maximum absolute atomic E-state index is 14.1. The first-order chi connectivity index (χ1) is 16.4. The standard InChI is InChI=1S/C25H22F3N3O2S/c1-31-24(21-4-2-3-5-22(21)28)29-30-25(31)34-15-20(32)14-33-23(16-6-10-18(26)11-7-16)17-8-12-19(27)13-9-17/h2-13,20,23,32H,14-15H2,1H3/t20-/m0/s1. The fourth-order valence-electron chi connectivity index (χ4n) is 3.40. The Balaban J connectivity index is 1.41. The van der Waals surface area contributed by atoms with Gasteiger partial charge in [-0.3, -0.25) is 0 Å². The summed E-state index contributed by atoms with van der Waals surface area (Å²) in [6.07, 6.45) is -1.47. The molecule has 0 aliphatic carbocycles. The van der Waals surface area contributed by atoms with Crippen LogP contribution in [0.5, 0.6) is 0 Å². The molecule has 0 unspecified atom stereocenters. The minimum atomic E-state index is -0.859. The zero-order chi connectivity index (χ0) is 24.1. The third-order valence-electron chi connectivity index (χ3n) is 5.16. The molecule has 0 saturated heterocycles. The predicted octanol–water partition coefficient (Wildman–Crippen LogP) is 5.16. The van der Waals surface area contributed by atoms with E-state index in [0.717, 1.165) is 0 Å². The molecule has 4 rings (SSSR count). The number of ether oxygens (including phenoxy) is 1. The predicted molar refractivity (Wildman–Crippen MR) is 124 cm³/mol. The fraction of sp³-hybridized carbons (Fsp3) is 0.200. The molecule has 4 aromatic rings. The molecule has 0 amide bonds. The molecule has 1 atom stereocenters. The summed E-state index contributed by atoms with van der Waals surface area (Å²) in [5.41, 5.74) is 1.70. The Hall–Kier alpha value is -3.14. The Morgan fingerprint density at radius 2 is 1.47 bits per heavy atom. The van der Waals surface area contributed by atoms with E-state index in [1.54, 1.807) is 54.1 Å². The van der Waals surface area contributed by atoms with Gasteiger partial charge in [-0.25, -0.2) is 13.2 Å². The van der Waals surface area contributed by atoms with E-state index in [2.05, 4.69) is 10.2 Å². The van der Waals surface area contributed by atoms with E-state index in [0.29, 0.717) is 27.7 Å². The van der Waals surface area contributed by atoms with Crippen LogP contribution in [-0.2, 0) is 11.8 Å². The van der Waals surface area contributed by atoms with Crippen molar-refractivity contribution in [2.75, 3.05) is 12.4 Å². The van der Waals surface area contributed by atoms with Crippen molar-refractivity contribution in [3.63, 3.8) is 0 Å². The summed E-state index contributed by atoms with van der Waals surface area (Å²) < 4.78 is 48.5. The number of halogens is 3. The molecule has 34 heavy (non-hydrogen) atoms. The molecule has 0 radical (unpaired) electrons. The highest BCUT2D eigenvalue weighted by molar-refractivity contribution is 7.99. The van der Waals surface area contributed by atoms with Gasteiger partial charge >= 0.3 is 0 Å². The van der Waals surface area contributed by atoms with Crippen LogP contribution >= 0.6 is 11.8 Å². The van der Waals surface area contributed by atoms with Crippen LogP contribution in [0, 0.1) is 17.5 Å². The SMILES string of the molecule is Cn1c(SC[C@@H](O)COC(c2ccc(F)cc2)c2ccc(F)cc2)nnc1-c1ccccc1F. The number of nitrogens with zero attached hydrogens (tertiary/aromatic N) is 3. The molecular formula is C25H22F3N3O2S. The van der Waals surface area contributed by atoms with E-state index in [1.165, 1.54) is 42.1 Å². The number of rotatable bonds is 9. The van der Waals surface area contributed by atoms with Crippen LogP contribution in [-0.4, -0.2) is 38.3 Å². The zero-order valence-electron chi connectivity index (χ0n) is 18.2. The molecule has 0 bridgehead atoms. The minimum absolute atomic E-state index is 0.0234. The summed E-state index contributed by atoms with van der Waals surface area (Å²) >= 11 is 1.26. The summed E-state index contributed by atoms with van der Waals surface area (Å²) in [7, 11) is 1.73. The normalized spacial score (nSPS) is 12.3. The summed E-state index contributed by atoms with van der Waals surface area (Å²) in [5.74, 6) is -0.509. The fourth-order valence-corrected chi connectivity index (χ4v) is 4.22. The van der Waals surface area contributed by atoms with Gasteiger partial charge in [0.25, 0.3) is 0 Å². The van der Waals surface area contributed by atoms with Crippen LogP contribution in [0.4, 0.5) is 13.2 Å². The number of hydrogen-bond acceptors (Lipinski definition) is 5. The van der Waals surface area contributed by atoms with E-state index in [9.17, 15) is 18.3 Å². The minimum Gasteiger partial charge on any atom is -0.390 e. The molecule has 1 heterocycles. The van der Waals surface area contributed by atoms with Crippen molar-refractivity contribution in [3.05, 3.63) is 101 Å². The van der Waals surface area contributed by atoms with Gasteiger partial charge in [-0.1, -0.05) is 48.2 Å². The molecular weight excluding hydrogens is 463 g/mol. The lowest BCUT2D eigenvalue weighted by Gasteiger charge is -2.21. The number of aliphatic hydroxyl groups excluding tert-OH is 1. The molecule has 0 spiro atoms. The van der Waals surface area contributed by atoms with Gasteiger partial charge in [0.2, 0.25) is 0 Å². The van der Waals surface area contributed by atoms with Crippen molar-refractivity contribution in [1.82, 2.24) is 14.8 Å². The van der Waals surface area contributed by atoms with Gasteiger partial charge in [-0.15, -0.1) is 10.2 Å². The third kappa shape index (κ3) is 5.67. The Morgan fingerprint density at radius 1 is 0.882 bits per heavy atom. The van der Waals surface area contributed by atoms with Crippen molar-refractivity contribution in [2.24, 2.45) is 7.05 Å². The first-order valence-electron chi connectivity index (χ1n) is 10.5. The Labute approximate surface area is 199 Å². The quantitative estimate of drug-likeness (QED) is 0.332. The molecule has 1 N–H and O–H groups in total. The van der Waals surface area contributed by atoms with E-state index < -0.39 is 18.0 Å². The molecule has 1 aromatic heterocycles. The van der Waals surface area contributed by atoms with E-state index >= 15 is 0 Å². The zero-order valence-corrected chi connectivity index (χ0v) is 19.1. The summed E-state index contributed by atoms with van der Waals surface area (Å²) in [5, 5.41) is 19.2. The Kier molecular flexibility index (Phi) is 7.66. The monoisotopic (exact) mass is 485 g/mol. The first kappa shape index (κ1) is 24.0. The smallest absolute Gasteiger partial charge is 0.191 e. The highest BCUT2D eigenvalue weighted by Gasteiger charge is 2.19. The summed E-state index contributed by atoms with van der Waals surface area (Å²) in [6, 6.07) is 18.0. The summed E-state index contributed by atoms with van der Waals surface area (Å²) in [4.78, 5) is 0. The van der Waals surface area contributed by atoms with Crippen LogP contribution in [0.3, 0.4) is 0 Å². The Morgan fingerprint density at radius 3 is 2.06 bits per heavy atom. The topological polar surface area (TPSA) is 60.2 Å². The van der Waals surface area contributed by atoms with Crippen LogP contribution in [0.2, 0.25) is 0 Å². The number of thioether (sulfide) groups is 1. The number of hydrogen-bond donors (Lipinski definition) is 1. The second kappa shape index (κ2) is 10.9. The maximum Gasteiger partial charge on any atom is 0.191 e. The van der Waals surface area contributed by atoms with E-state index in [1.807, 2.05) is 0 Å². The van der Waals surface area contributed by atoms with Gasteiger partial charge in [-0.05, 0) is 47.5 Å². The second-order valence-electron chi connectivity index (χ2n) is 7.63. The van der Waals surface area contributed by atoms with Crippen LogP contribution in [0.1, 0.15) is 17.2 Å². The largest absolute Gasteiger partial charge is 0.390 e. The van der Waals surface area contributed by atoms with Gasteiger partial charge in [0.05, 0.1) is 18.3 Å². The van der Waals surface area contributed by atoms with E-state index in [-0.39, 0.29) is 24.0 Å². The third-order valence-corrected chi connectivity index (χ3v) is 6.32. The lowest BCUT2D eigenvalue weighted by atomic mass is 10.0. The molecule has 5 nitrogen and oxygen atoms in total. The molecule has 9 heteroatoms. The Bertz CT molecular complexity index is 1190. The molecule has 0 aliphatic heterocycles. The number of aromatic nitrogens is 3. The van der Waals surface area contributed by atoms with Crippen molar-refractivity contribution >= 4 is 11.8 Å². The molecule has 3 aromatic carbocycles. The van der Waals surface area contributed by atoms with Crippen LogP contribution in [0.25, 0.3) is 11.4 Å². The molecule has 176 valence electrons. The lowest BCUT2D eigenvalue weighted by Crippen LogP contribution is -2.21. The summed E-state index contributed by atoms with van der Waals surface area (Å²) in [6.45, 7) is -0.0234. The van der Waals surface area contributed by atoms with Gasteiger partial charge in [0.1, 0.15) is 23.6 Å². The van der Waals surface area contributed by atoms with E-state index in [4.69, 9.17) is 4.74 Å². The van der Waals surface area contributed by atoms with Crippen molar-refractivity contribution in [3.8, 4) is 11.4 Å². The molecule has 0 saturated carbocycles. The number of benzene rings is 3. The lowest BCUT2D eigenvalue weighted by molar-refractivity contribution is 0.0154. The highest BCUT2D eigenvalue weighted by atomic mass is 32.2.